The van der Waals surface area contributed by atoms with E-state index in [1.54, 1.807) is 4.90 Å². The topological polar surface area (TPSA) is 97.6 Å². The minimum absolute atomic E-state index is 0.0412. The Kier molecular flexibility index (Phi) is 7.53. The molecule has 0 radical (unpaired) electrons. The third-order valence-electron chi connectivity index (χ3n) is 6.88. The highest BCUT2D eigenvalue weighted by atomic mass is 16.5. The van der Waals surface area contributed by atoms with E-state index in [2.05, 4.69) is 33.7 Å². The predicted octanol–water partition coefficient (Wildman–Crippen LogP) is 4.24. The van der Waals surface area contributed by atoms with Crippen molar-refractivity contribution in [2.24, 2.45) is 0 Å². The SMILES string of the molecule is CC(C)c1nnc(CCC(=O)N2CCNC(=O)c3cccc(c3)Cc3cc(C4CC4)ccc3OCC2)o1. The van der Waals surface area contributed by atoms with Gasteiger partial charge in [-0.15, -0.1) is 10.2 Å². The predicted molar refractivity (Wildman–Crippen MR) is 139 cm³/mol. The van der Waals surface area contributed by atoms with Gasteiger partial charge in [-0.05, 0) is 53.6 Å². The molecule has 2 heterocycles. The molecule has 1 fully saturated rings. The normalized spacial score (nSPS) is 16.5. The van der Waals surface area contributed by atoms with Gasteiger partial charge >= 0.3 is 0 Å². The molecule has 1 N–H and O–H groups in total. The fourth-order valence-electron chi connectivity index (χ4n) is 4.60. The molecule has 2 aliphatic rings. The Hall–Kier alpha value is -3.68. The minimum Gasteiger partial charge on any atom is -0.491 e. The highest BCUT2D eigenvalue weighted by Gasteiger charge is 2.25. The van der Waals surface area contributed by atoms with Gasteiger partial charge in [-0.3, -0.25) is 9.59 Å². The molecule has 0 spiro atoms. The van der Waals surface area contributed by atoms with Gasteiger partial charge in [-0.1, -0.05) is 38.1 Å². The van der Waals surface area contributed by atoms with Crippen molar-refractivity contribution in [3.8, 4) is 5.75 Å². The fraction of sp³-hybridized carbons (Fsp3) is 0.448. The zero-order valence-electron chi connectivity index (χ0n) is 21.5. The van der Waals surface area contributed by atoms with Crippen LogP contribution < -0.4 is 10.1 Å². The molecule has 37 heavy (non-hydrogen) atoms. The molecule has 3 aromatic rings. The first-order chi connectivity index (χ1) is 18.0. The van der Waals surface area contributed by atoms with Gasteiger partial charge in [0.2, 0.25) is 17.7 Å². The van der Waals surface area contributed by atoms with E-state index >= 15 is 0 Å². The van der Waals surface area contributed by atoms with E-state index in [0.29, 0.717) is 62.3 Å². The Balaban J connectivity index is 1.32. The lowest BCUT2D eigenvalue weighted by molar-refractivity contribution is -0.131. The highest BCUT2D eigenvalue weighted by Crippen LogP contribution is 2.41. The molecular weight excluding hydrogens is 468 g/mol. The van der Waals surface area contributed by atoms with Gasteiger partial charge < -0.3 is 19.4 Å². The number of rotatable bonds is 5. The molecule has 8 heteroatoms. The molecule has 1 saturated carbocycles. The van der Waals surface area contributed by atoms with Crippen LogP contribution in [0.2, 0.25) is 0 Å². The van der Waals surface area contributed by atoms with Gasteiger partial charge in [0.05, 0.1) is 6.54 Å². The number of hydrogen-bond donors (Lipinski definition) is 1. The van der Waals surface area contributed by atoms with E-state index in [-0.39, 0.29) is 24.2 Å². The number of fused-ring (bicyclic) bond motifs is 3. The van der Waals surface area contributed by atoms with E-state index in [1.165, 1.54) is 18.4 Å². The molecule has 0 saturated heterocycles. The lowest BCUT2D eigenvalue weighted by atomic mass is 9.98. The number of aryl methyl sites for hydroxylation is 1. The molecule has 2 aromatic carbocycles. The van der Waals surface area contributed by atoms with E-state index in [0.717, 1.165) is 16.9 Å². The van der Waals surface area contributed by atoms with Gasteiger partial charge in [-0.25, -0.2) is 0 Å². The lowest BCUT2D eigenvalue weighted by Gasteiger charge is -2.24. The standard InChI is InChI=1S/C29H34N4O4/c1-19(2)29-32-31-26(37-29)10-11-27(34)33-13-12-30-28(35)23-5-3-4-20(16-23)17-24-18-22(21-6-7-21)8-9-25(24)36-15-14-33/h3-5,8-9,16,18-19,21H,6-7,10-15,17H2,1-2H3,(H,30,35). The first kappa shape index (κ1) is 25.0. The molecule has 0 unspecified atom stereocenters. The number of hydrogen-bond acceptors (Lipinski definition) is 6. The largest absolute Gasteiger partial charge is 0.491 e. The molecule has 2 bridgehead atoms. The number of carbonyl (C=O) groups excluding carboxylic acids is 2. The number of ether oxygens (including phenoxy) is 1. The second-order valence-electron chi connectivity index (χ2n) is 10.2. The second kappa shape index (κ2) is 11.2. The van der Waals surface area contributed by atoms with Crippen LogP contribution in [0.4, 0.5) is 0 Å². The molecule has 1 aromatic heterocycles. The smallest absolute Gasteiger partial charge is 0.251 e. The first-order valence-corrected chi connectivity index (χ1v) is 13.2. The molecule has 1 aliphatic heterocycles. The Morgan fingerprint density at radius 3 is 2.78 bits per heavy atom. The third-order valence-corrected chi connectivity index (χ3v) is 6.88. The van der Waals surface area contributed by atoms with Crippen LogP contribution in [0.15, 0.2) is 46.9 Å². The number of aromatic nitrogens is 2. The summed E-state index contributed by atoms with van der Waals surface area (Å²) in [4.78, 5) is 27.7. The zero-order valence-corrected chi connectivity index (χ0v) is 21.5. The molecule has 8 nitrogen and oxygen atoms in total. The van der Waals surface area contributed by atoms with Crippen molar-refractivity contribution in [2.75, 3.05) is 26.2 Å². The van der Waals surface area contributed by atoms with Crippen LogP contribution >= 0.6 is 0 Å². The zero-order chi connectivity index (χ0) is 25.8. The summed E-state index contributed by atoms with van der Waals surface area (Å²) in [5, 5.41) is 11.1. The summed E-state index contributed by atoms with van der Waals surface area (Å²) in [6.07, 6.45) is 3.77. The molecule has 2 amide bonds. The Labute approximate surface area is 217 Å². The van der Waals surface area contributed by atoms with Crippen LogP contribution in [-0.4, -0.2) is 53.2 Å². The van der Waals surface area contributed by atoms with Crippen LogP contribution in [0.1, 0.15) is 83.8 Å². The van der Waals surface area contributed by atoms with Gasteiger partial charge in [0.25, 0.3) is 5.91 Å². The maximum Gasteiger partial charge on any atom is 0.251 e. The monoisotopic (exact) mass is 502 g/mol. The number of amides is 2. The average Bonchev–Trinajstić information content (AvgIpc) is 3.63. The Morgan fingerprint density at radius 2 is 2.00 bits per heavy atom. The van der Waals surface area contributed by atoms with E-state index in [1.807, 2.05) is 38.1 Å². The Bertz CT molecular complexity index is 1260. The van der Waals surface area contributed by atoms with Crippen molar-refractivity contribution in [1.29, 1.82) is 0 Å². The third kappa shape index (κ3) is 6.37. The number of nitrogens with one attached hydrogen (secondary N) is 1. The number of nitrogens with zero attached hydrogens (tertiary/aromatic N) is 3. The van der Waals surface area contributed by atoms with Crippen LogP contribution in [0.5, 0.6) is 5.75 Å². The van der Waals surface area contributed by atoms with Crippen LogP contribution in [0, 0.1) is 0 Å². The molecule has 1 aliphatic carbocycles. The average molecular weight is 503 g/mol. The van der Waals surface area contributed by atoms with Gasteiger partial charge in [0, 0.05) is 43.8 Å². The van der Waals surface area contributed by atoms with Crippen LogP contribution in [0.3, 0.4) is 0 Å². The maximum atomic E-state index is 13.1. The van der Waals surface area contributed by atoms with E-state index in [4.69, 9.17) is 9.15 Å². The van der Waals surface area contributed by atoms with E-state index in [9.17, 15) is 9.59 Å². The summed E-state index contributed by atoms with van der Waals surface area (Å²) in [6.45, 7) is 5.51. The Morgan fingerprint density at radius 1 is 1.14 bits per heavy atom. The summed E-state index contributed by atoms with van der Waals surface area (Å²) < 4.78 is 11.9. The summed E-state index contributed by atoms with van der Waals surface area (Å²) in [6, 6.07) is 14.2. The lowest BCUT2D eigenvalue weighted by Crippen LogP contribution is -2.41. The molecule has 194 valence electrons. The fourth-order valence-corrected chi connectivity index (χ4v) is 4.60. The second-order valence-corrected chi connectivity index (χ2v) is 10.2. The number of carbonyl (C=O) groups is 2. The molecule has 5 rings (SSSR count). The molecule has 0 atom stereocenters. The summed E-state index contributed by atoms with van der Waals surface area (Å²) >= 11 is 0. The quantitative estimate of drug-likeness (QED) is 0.560. The number of benzene rings is 2. The van der Waals surface area contributed by atoms with Crippen molar-refractivity contribution in [2.45, 2.75) is 57.8 Å². The van der Waals surface area contributed by atoms with Crippen molar-refractivity contribution < 1.29 is 18.7 Å². The van der Waals surface area contributed by atoms with Gasteiger partial charge in [0.15, 0.2) is 0 Å². The van der Waals surface area contributed by atoms with Crippen LogP contribution in [-0.2, 0) is 17.6 Å². The minimum atomic E-state index is -0.137. The summed E-state index contributed by atoms with van der Waals surface area (Å²) in [5.41, 5.74) is 4.14. The molecular formula is C29H34N4O4. The van der Waals surface area contributed by atoms with Crippen LogP contribution in [0.25, 0.3) is 0 Å². The van der Waals surface area contributed by atoms with Crippen molar-refractivity contribution in [1.82, 2.24) is 20.4 Å². The van der Waals surface area contributed by atoms with Crippen molar-refractivity contribution in [3.05, 3.63) is 76.5 Å². The van der Waals surface area contributed by atoms with Gasteiger partial charge in [-0.2, -0.15) is 0 Å². The van der Waals surface area contributed by atoms with Crippen molar-refractivity contribution >= 4 is 11.8 Å². The summed E-state index contributed by atoms with van der Waals surface area (Å²) in [5.74, 6) is 2.47. The van der Waals surface area contributed by atoms with Crippen molar-refractivity contribution in [3.63, 3.8) is 0 Å². The maximum absolute atomic E-state index is 13.1. The first-order valence-electron chi connectivity index (χ1n) is 13.2. The van der Waals surface area contributed by atoms with E-state index < -0.39 is 0 Å². The highest BCUT2D eigenvalue weighted by molar-refractivity contribution is 5.94. The van der Waals surface area contributed by atoms with Gasteiger partial charge in [0.1, 0.15) is 12.4 Å². The summed E-state index contributed by atoms with van der Waals surface area (Å²) in [7, 11) is 0.